The Labute approximate surface area is 138 Å². The van der Waals surface area contributed by atoms with Gasteiger partial charge in [0.1, 0.15) is 5.75 Å². The number of aromatic hydroxyl groups is 1. The van der Waals surface area contributed by atoms with Gasteiger partial charge in [-0.1, -0.05) is 24.3 Å². The molecule has 6 nitrogen and oxygen atoms in total. The van der Waals surface area contributed by atoms with Crippen LogP contribution in [-0.4, -0.2) is 33.2 Å². The minimum atomic E-state index is -0.185. The first-order valence-corrected chi connectivity index (χ1v) is 7.72. The van der Waals surface area contributed by atoms with Crippen molar-refractivity contribution in [3.8, 4) is 5.75 Å². The van der Waals surface area contributed by atoms with Crippen LogP contribution in [0, 0.1) is 0 Å². The maximum absolute atomic E-state index is 12.9. The van der Waals surface area contributed by atoms with Gasteiger partial charge in [0, 0.05) is 31.7 Å². The van der Waals surface area contributed by atoms with Crippen molar-refractivity contribution in [1.29, 1.82) is 0 Å². The second kappa shape index (κ2) is 5.65. The van der Waals surface area contributed by atoms with Crippen molar-refractivity contribution in [2.75, 3.05) is 7.11 Å². The van der Waals surface area contributed by atoms with Crippen molar-refractivity contribution in [1.82, 2.24) is 15.1 Å². The predicted molar refractivity (Wildman–Crippen MR) is 88.5 cm³/mol. The summed E-state index contributed by atoms with van der Waals surface area (Å²) in [6.45, 7) is 1.46. The number of amides is 1. The molecule has 2 N–H and O–H groups in total. The van der Waals surface area contributed by atoms with Gasteiger partial charge in [-0.15, -0.1) is 0 Å². The number of ether oxygens (including phenoxy) is 1. The number of aromatic nitrogens is 2. The summed E-state index contributed by atoms with van der Waals surface area (Å²) < 4.78 is 5.13. The van der Waals surface area contributed by atoms with Crippen LogP contribution in [0.5, 0.6) is 5.75 Å². The van der Waals surface area contributed by atoms with E-state index in [0.717, 1.165) is 16.5 Å². The fourth-order valence-corrected chi connectivity index (χ4v) is 3.17. The van der Waals surface area contributed by atoms with Gasteiger partial charge in [0.2, 0.25) is 0 Å². The van der Waals surface area contributed by atoms with Crippen LogP contribution < -0.4 is 0 Å². The van der Waals surface area contributed by atoms with Gasteiger partial charge in [-0.25, -0.2) is 0 Å². The molecule has 0 saturated heterocycles. The molecule has 1 aliphatic heterocycles. The number of benzene rings is 2. The maximum atomic E-state index is 12.9. The summed E-state index contributed by atoms with van der Waals surface area (Å²) in [6, 6.07) is 11.2. The average Bonchev–Trinajstić information content (AvgIpc) is 3.18. The molecule has 0 unspecified atom stereocenters. The highest BCUT2D eigenvalue weighted by atomic mass is 16.5. The number of hydrogen-bond donors (Lipinski definition) is 2. The molecule has 0 saturated carbocycles. The molecule has 1 aromatic heterocycles. The largest absolute Gasteiger partial charge is 0.507 e. The van der Waals surface area contributed by atoms with Gasteiger partial charge in [-0.3, -0.25) is 9.89 Å². The van der Waals surface area contributed by atoms with Crippen LogP contribution in [0.2, 0.25) is 0 Å². The Balaban J connectivity index is 1.70. The number of hydrogen-bond acceptors (Lipinski definition) is 4. The fraction of sp³-hybridized carbons (Fsp3) is 0.222. The number of nitrogens with one attached hydrogen (secondary N) is 1. The first kappa shape index (κ1) is 14.7. The van der Waals surface area contributed by atoms with E-state index in [4.69, 9.17) is 4.74 Å². The Bertz CT molecular complexity index is 907. The Hall–Kier alpha value is -2.86. The lowest BCUT2D eigenvalue weighted by Gasteiger charge is -2.16. The molecule has 4 rings (SSSR count). The number of carbonyl (C=O) groups excluding carboxylic acids is 1. The Kier molecular flexibility index (Phi) is 3.46. The third kappa shape index (κ3) is 2.32. The quantitative estimate of drug-likeness (QED) is 0.776. The van der Waals surface area contributed by atoms with E-state index >= 15 is 0 Å². The SMILES string of the molecule is COCc1n[nH]c2cc(O)c(C(=O)N3Cc4ccccc4C3)cc12. The van der Waals surface area contributed by atoms with Crippen molar-refractivity contribution >= 4 is 16.8 Å². The molecule has 0 bridgehead atoms. The van der Waals surface area contributed by atoms with Crippen molar-refractivity contribution in [3.05, 3.63) is 58.8 Å². The summed E-state index contributed by atoms with van der Waals surface area (Å²) in [4.78, 5) is 14.6. The van der Waals surface area contributed by atoms with Gasteiger partial charge in [0.15, 0.2) is 0 Å². The number of carbonyl (C=O) groups is 1. The highest BCUT2D eigenvalue weighted by Gasteiger charge is 2.26. The third-order valence-electron chi connectivity index (χ3n) is 4.40. The maximum Gasteiger partial charge on any atom is 0.258 e. The molecule has 2 aromatic carbocycles. The van der Waals surface area contributed by atoms with Crippen molar-refractivity contribution in [2.45, 2.75) is 19.7 Å². The molecule has 6 heteroatoms. The zero-order valence-electron chi connectivity index (χ0n) is 13.2. The zero-order valence-corrected chi connectivity index (χ0v) is 13.2. The summed E-state index contributed by atoms with van der Waals surface area (Å²) in [5, 5.41) is 18.1. The number of phenols is 1. The normalized spacial score (nSPS) is 13.5. The number of aromatic amines is 1. The van der Waals surface area contributed by atoms with Crippen LogP contribution >= 0.6 is 0 Å². The van der Waals surface area contributed by atoms with Crippen LogP contribution in [0.15, 0.2) is 36.4 Å². The number of H-pyrrole nitrogens is 1. The van der Waals surface area contributed by atoms with Gasteiger partial charge < -0.3 is 14.7 Å². The minimum Gasteiger partial charge on any atom is -0.507 e. The highest BCUT2D eigenvalue weighted by molar-refractivity contribution is 6.01. The van der Waals surface area contributed by atoms with Crippen molar-refractivity contribution in [2.24, 2.45) is 0 Å². The van der Waals surface area contributed by atoms with E-state index in [1.165, 1.54) is 6.07 Å². The van der Waals surface area contributed by atoms with Gasteiger partial charge in [0.05, 0.1) is 23.4 Å². The molecule has 1 aliphatic rings. The first-order valence-electron chi connectivity index (χ1n) is 7.72. The second-order valence-electron chi connectivity index (χ2n) is 5.95. The molecule has 0 radical (unpaired) electrons. The predicted octanol–water partition coefficient (Wildman–Crippen LogP) is 2.57. The molecule has 0 spiro atoms. The van der Waals surface area contributed by atoms with E-state index < -0.39 is 0 Å². The minimum absolute atomic E-state index is 0.0453. The van der Waals surface area contributed by atoms with Gasteiger partial charge >= 0.3 is 0 Å². The molecule has 0 fully saturated rings. The lowest BCUT2D eigenvalue weighted by molar-refractivity contribution is 0.0748. The number of fused-ring (bicyclic) bond motifs is 2. The molecule has 24 heavy (non-hydrogen) atoms. The molecule has 0 aliphatic carbocycles. The summed E-state index contributed by atoms with van der Waals surface area (Å²) >= 11 is 0. The van der Waals surface area contributed by atoms with E-state index in [1.807, 2.05) is 24.3 Å². The molecule has 1 amide bonds. The molecular weight excluding hydrogens is 306 g/mol. The van der Waals surface area contributed by atoms with Crippen LogP contribution in [0.25, 0.3) is 10.9 Å². The van der Waals surface area contributed by atoms with Crippen LogP contribution in [0.4, 0.5) is 0 Å². The number of methoxy groups -OCH3 is 1. The fourth-order valence-electron chi connectivity index (χ4n) is 3.17. The lowest BCUT2D eigenvalue weighted by atomic mass is 10.1. The topological polar surface area (TPSA) is 78.5 Å². The van der Waals surface area contributed by atoms with Crippen molar-refractivity contribution in [3.63, 3.8) is 0 Å². The van der Waals surface area contributed by atoms with E-state index in [1.54, 1.807) is 18.1 Å². The number of phenolic OH excluding ortho intramolecular Hbond substituents is 1. The smallest absolute Gasteiger partial charge is 0.258 e. The number of nitrogens with zero attached hydrogens (tertiary/aromatic N) is 2. The van der Waals surface area contributed by atoms with Crippen molar-refractivity contribution < 1.29 is 14.6 Å². The zero-order chi connectivity index (χ0) is 16.7. The molecule has 3 aromatic rings. The summed E-state index contributed by atoms with van der Waals surface area (Å²) in [5.74, 6) is -0.230. The highest BCUT2D eigenvalue weighted by Crippen LogP contribution is 2.30. The molecule has 0 atom stereocenters. The van der Waals surface area contributed by atoms with Gasteiger partial charge in [0.25, 0.3) is 5.91 Å². The second-order valence-corrected chi connectivity index (χ2v) is 5.95. The molecular formula is C18H17N3O3. The van der Waals surface area contributed by atoms with Gasteiger partial charge in [-0.05, 0) is 17.2 Å². The Morgan fingerprint density at radius 1 is 1.29 bits per heavy atom. The number of rotatable bonds is 3. The Morgan fingerprint density at radius 3 is 2.67 bits per heavy atom. The van der Waals surface area contributed by atoms with E-state index in [-0.39, 0.29) is 17.2 Å². The van der Waals surface area contributed by atoms with Crippen LogP contribution in [0.1, 0.15) is 27.2 Å². The molecule has 122 valence electrons. The summed E-state index contributed by atoms with van der Waals surface area (Å²) in [6.07, 6.45) is 0. The van der Waals surface area contributed by atoms with Crippen LogP contribution in [-0.2, 0) is 24.4 Å². The molecule has 2 heterocycles. The monoisotopic (exact) mass is 323 g/mol. The van der Waals surface area contributed by atoms with Crippen LogP contribution in [0.3, 0.4) is 0 Å². The van der Waals surface area contributed by atoms with E-state index in [0.29, 0.717) is 30.9 Å². The van der Waals surface area contributed by atoms with E-state index in [2.05, 4.69) is 10.2 Å². The first-order chi connectivity index (χ1) is 11.7. The summed E-state index contributed by atoms with van der Waals surface area (Å²) in [7, 11) is 1.59. The lowest BCUT2D eigenvalue weighted by Crippen LogP contribution is -2.25. The van der Waals surface area contributed by atoms with Gasteiger partial charge in [-0.2, -0.15) is 5.10 Å². The Morgan fingerprint density at radius 2 is 2.00 bits per heavy atom. The third-order valence-corrected chi connectivity index (χ3v) is 4.40. The summed E-state index contributed by atoms with van der Waals surface area (Å²) in [5.41, 5.74) is 3.98. The van der Waals surface area contributed by atoms with E-state index in [9.17, 15) is 9.90 Å². The standard InChI is InChI=1S/C18H17N3O3/c1-24-10-16-13-6-14(17(22)7-15(13)19-20-16)18(23)21-8-11-4-2-3-5-12(11)9-21/h2-7,22H,8-10H2,1H3,(H,19,20). The average molecular weight is 323 g/mol.